The monoisotopic (exact) mass is 160 g/mol. The van der Waals surface area contributed by atoms with Crippen molar-refractivity contribution in [3.63, 3.8) is 0 Å². The molecular formula is C5H8N2O4. The van der Waals surface area contributed by atoms with Crippen molar-refractivity contribution in [3.05, 3.63) is 4.91 Å². The molecular weight excluding hydrogens is 152 g/mol. The molecule has 6 nitrogen and oxygen atoms in total. The second-order valence-corrected chi connectivity index (χ2v) is 2.28. The largest absolute Gasteiger partial charge is 0.480 e. The van der Waals surface area contributed by atoms with E-state index in [0.29, 0.717) is 13.0 Å². The molecule has 0 aliphatic carbocycles. The van der Waals surface area contributed by atoms with Gasteiger partial charge in [0.25, 0.3) is 0 Å². The number of aliphatic carboxylic acids is 1. The first kappa shape index (κ1) is 7.93. The van der Waals surface area contributed by atoms with E-state index < -0.39 is 18.1 Å². The number of carboxylic acid groups (broad SMARTS) is 1. The second kappa shape index (κ2) is 3.29. The Labute approximate surface area is 62.5 Å². The van der Waals surface area contributed by atoms with E-state index >= 15 is 0 Å². The second-order valence-electron chi connectivity index (χ2n) is 2.28. The van der Waals surface area contributed by atoms with Gasteiger partial charge in [0, 0.05) is 6.42 Å². The van der Waals surface area contributed by atoms with Crippen LogP contribution < -0.4 is 5.32 Å². The molecule has 11 heavy (non-hydrogen) atoms. The van der Waals surface area contributed by atoms with E-state index in [-0.39, 0.29) is 0 Å². The summed E-state index contributed by atoms with van der Waals surface area (Å²) in [5.41, 5.74) is 0. The summed E-state index contributed by atoms with van der Waals surface area (Å²) >= 11 is 0. The van der Waals surface area contributed by atoms with Gasteiger partial charge < -0.3 is 15.3 Å². The van der Waals surface area contributed by atoms with Crippen molar-refractivity contribution in [2.45, 2.75) is 18.6 Å². The highest BCUT2D eigenvalue weighted by Gasteiger charge is 2.34. The maximum atomic E-state index is 10.4. The topological polar surface area (TPSA) is 88.0 Å². The molecule has 1 rings (SSSR count). The average Bonchev–Trinajstić information content (AvgIpc) is 2.36. The first-order chi connectivity index (χ1) is 5.25. The fourth-order valence-electron chi connectivity index (χ4n) is 1.09. The van der Waals surface area contributed by atoms with E-state index in [1.807, 2.05) is 0 Å². The molecule has 0 bridgehead atoms. The Kier molecular flexibility index (Phi) is 2.37. The van der Waals surface area contributed by atoms with Gasteiger partial charge in [0.05, 0.1) is 0 Å². The molecule has 0 saturated carbocycles. The average molecular weight is 160 g/mol. The molecule has 0 aromatic heterocycles. The molecule has 1 aliphatic heterocycles. The van der Waals surface area contributed by atoms with E-state index in [4.69, 9.17) is 5.11 Å². The summed E-state index contributed by atoms with van der Waals surface area (Å²) in [5.74, 6) is -1.02. The number of hydrogen-bond acceptors (Lipinski definition) is 5. The number of nitrogens with one attached hydrogen (secondary N) is 1. The van der Waals surface area contributed by atoms with Gasteiger partial charge in [-0.3, -0.25) is 4.79 Å². The quantitative estimate of drug-likeness (QED) is 0.429. The number of carboxylic acids is 1. The van der Waals surface area contributed by atoms with E-state index in [1.165, 1.54) is 0 Å². The molecule has 0 radical (unpaired) electrons. The van der Waals surface area contributed by atoms with Gasteiger partial charge in [-0.05, 0) is 6.54 Å². The van der Waals surface area contributed by atoms with Crippen molar-refractivity contribution < 1.29 is 14.7 Å². The van der Waals surface area contributed by atoms with Crippen molar-refractivity contribution in [1.82, 2.24) is 5.32 Å². The van der Waals surface area contributed by atoms with Gasteiger partial charge in [-0.2, -0.15) is 0 Å². The van der Waals surface area contributed by atoms with Crippen molar-refractivity contribution in [3.8, 4) is 0 Å². The summed E-state index contributed by atoms with van der Waals surface area (Å²) in [6, 6.07) is -0.798. The molecule has 0 aromatic carbocycles. The molecule has 62 valence electrons. The molecule has 0 amide bonds. The Hall–Kier alpha value is -1.17. The molecule has 2 N–H and O–H groups in total. The molecule has 1 saturated heterocycles. The van der Waals surface area contributed by atoms with E-state index in [1.54, 1.807) is 0 Å². The zero-order valence-electron chi connectivity index (χ0n) is 5.69. The van der Waals surface area contributed by atoms with Crippen LogP contribution in [0.2, 0.25) is 0 Å². The lowest BCUT2D eigenvalue weighted by molar-refractivity contribution is -0.142. The van der Waals surface area contributed by atoms with Crippen LogP contribution in [0.25, 0.3) is 0 Å². The highest BCUT2D eigenvalue weighted by atomic mass is 16.7. The Balaban J connectivity index is 2.50. The zero-order valence-corrected chi connectivity index (χ0v) is 5.69. The summed E-state index contributed by atoms with van der Waals surface area (Å²) in [6.07, 6.45) is -0.118. The molecule has 1 aliphatic rings. The van der Waals surface area contributed by atoms with Gasteiger partial charge >= 0.3 is 5.97 Å². The van der Waals surface area contributed by atoms with Gasteiger partial charge in [-0.25, -0.2) is 0 Å². The van der Waals surface area contributed by atoms with Crippen molar-refractivity contribution in [2.24, 2.45) is 5.34 Å². The standard InChI is InChI=1S/C5H8N2O4/c8-5(9)4-3(11-7-10)1-2-6-4/h3-4,6H,1-2H2,(H,8,9)/t3?,4-/m0/s1. The van der Waals surface area contributed by atoms with Crippen molar-refractivity contribution >= 4 is 5.97 Å². The van der Waals surface area contributed by atoms with Crippen LogP contribution in [0.3, 0.4) is 0 Å². The summed E-state index contributed by atoms with van der Waals surface area (Å²) < 4.78 is 0. The minimum absolute atomic E-state index is 0.503. The van der Waals surface area contributed by atoms with Crippen LogP contribution in [-0.4, -0.2) is 29.8 Å². The molecule has 1 heterocycles. The number of rotatable bonds is 3. The summed E-state index contributed by atoms with van der Waals surface area (Å²) in [7, 11) is 0. The summed E-state index contributed by atoms with van der Waals surface area (Å²) in [6.45, 7) is 0.539. The van der Waals surface area contributed by atoms with Gasteiger partial charge in [0.15, 0.2) is 11.4 Å². The molecule has 2 atom stereocenters. The number of nitrogens with zero attached hydrogens (tertiary/aromatic N) is 1. The highest BCUT2D eigenvalue weighted by Crippen LogP contribution is 2.11. The third-order valence-electron chi connectivity index (χ3n) is 1.61. The summed E-state index contributed by atoms with van der Waals surface area (Å²) in [5, 5.41) is 13.4. The van der Waals surface area contributed by atoms with Crippen LogP contribution in [-0.2, 0) is 9.63 Å². The maximum Gasteiger partial charge on any atom is 0.324 e. The van der Waals surface area contributed by atoms with Crippen molar-refractivity contribution in [1.29, 1.82) is 0 Å². The van der Waals surface area contributed by atoms with E-state index in [0.717, 1.165) is 0 Å². The maximum absolute atomic E-state index is 10.4. The van der Waals surface area contributed by atoms with Gasteiger partial charge in [-0.1, -0.05) is 0 Å². The Bertz CT molecular complexity index is 172. The summed E-state index contributed by atoms with van der Waals surface area (Å²) in [4.78, 5) is 24.3. The first-order valence-corrected chi connectivity index (χ1v) is 3.20. The Morgan fingerprint density at radius 1 is 1.73 bits per heavy atom. The fraction of sp³-hybridized carbons (Fsp3) is 0.800. The third-order valence-corrected chi connectivity index (χ3v) is 1.61. The lowest BCUT2D eigenvalue weighted by Crippen LogP contribution is -2.38. The lowest BCUT2D eigenvalue weighted by Gasteiger charge is -2.10. The number of hydrogen-bond donors (Lipinski definition) is 2. The van der Waals surface area contributed by atoms with Crippen LogP contribution in [0.4, 0.5) is 0 Å². The SMILES string of the molecule is O=NOC1CCN[C@@H]1C(=O)O. The van der Waals surface area contributed by atoms with Crippen LogP contribution in [0, 0.1) is 4.91 Å². The van der Waals surface area contributed by atoms with Crippen LogP contribution in [0.1, 0.15) is 6.42 Å². The minimum atomic E-state index is -1.02. The smallest absolute Gasteiger partial charge is 0.324 e. The van der Waals surface area contributed by atoms with Gasteiger partial charge in [-0.15, -0.1) is 4.91 Å². The predicted octanol–water partition coefficient (Wildman–Crippen LogP) is -0.501. The third kappa shape index (κ3) is 1.64. The minimum Gasteiger partial charge on any atom is -0.480 e. The van der Waals surface area contributed by atoms with Gasteiger partial charge in [0.2, 0.25) is 0 Å². The van der Waals surface area contributed by atoms with Crippen LogP contribution in [0.15, 0.2) is 5.34 Å². The van der Waals surface area contributed by atoms with Gasteiger partial charge in [0.1, 0.15) is 6.04 Å². The molecule has 0 aromatic rings. The van der Waals surface area contributed by atoms with E-state index in [2.05, 4.69) is 15.5 Å². The predicted molar refractivity (Wildman–Crippen MR) is 34.7 cm³/mol. The van der Waals surface area contributed by atoms with Crippen LogP contribution in [0.5, 0.6) is 0 Å². The molecule has 1 unspecified atom stereocenters. The van der Waals surface area contributed by atoms with Crippen LogP contribution >= 0.6 is 0 Å². The molecule has 1 fully saturated rings. The fourth-order valence-corrected chi connectivity index (χ4v) is 1.09. The molecule has 6 heteroatoms. The normalized spacial score (nSPS) is 29.8. The zero-order chi connectivity index (χ0) is 8.27. The lowest BCUT2D eigenvalue weighted by atomic mass is 10.2. The Morgan fingerprint density at radius 3 is 3.00 bits per heavy atom. The van der Waals surface area contributed by atoms with Crippen molar-refractivity contribution in [2.75, 3.05) is 6.54 Å². The first-order valence-electron chi connectivity index (χ1n) is 3.20. The van der Waals surface area contributed by atoms with E-state index in [9.17, 15) is 9.70 Å². The number of carbonyl (C=O) groups is 1. The highest BCUT2D eigenvalue weighted by molar-refractivity contribution is 5.74. The Morgan fingerprint density at radius 2 is 2.45 bits per heavy atom. The molecule has 0 spiro atoms.